The summed E-state index contributed by atoms with van der Waals surface area (Å²) in [4.78, 5) is 39.2. The van der Waals surface area contributed by atoms with Crippen LogP contribution in [-0.4, -0.2) is 77.5 Å². The Hall–Kier alpha value is -1.79. The standard InChI is InChI=1S/C12H21N3O4/c1-4-14(7-9(2)11(17)18)12(19)15-6-5-13(3)10(16)8-15/h9H,4-8H2,1-3H3,(H,17,18). The number of urea groups is 1. The summed E-state index contributed by atoms with van der Waals surface area (Å²) in [5.41, 5.74) is 0. The average Bonchev–Trinajstić information content (AvgIpc) is 2.37. The number of hydrogen-bond donors (Lipinski definition) is 1. The van der Waals surface area contributed by atoms with Crippen LogP contribution in [0, 0.1) is 5.92 Å². The molecule has 1 rings (SSSR count). The molecule has 0 aromatic heterocycles. The van der Waals surface area contributed by atoms with Gasteiger partial charge in [-0.15, -0.1) is 0 Å². The van der Waals surface area contributed by atoms with Crippen LogP contribution in [0.2, 0.25) is 0 Å². The van der Waals surface area contributed by atoms with Crippen molar-refractivity contribution in [1.29, 1.82) is 0 Å². The van der Waals surface area contributed by atoms with Crippen molar-refractivity contribution in [2.45, 2.75) is 13.8 Å². The molecule has 0 spiro atoms. The Morgan fingerprint density at radius 2 is 2.05 bits per heavy atom. The fourth-order valence-corrected chi connectivity index (χ4v) is 1.87. The molecular weight excluding hydrogens is 250 g/mol. The van der Waals surface area contributed by atoms with Crippen molar-refractivity contribution in [3.63, 3.8) is 0 Å². The van der Waals surface area contributed by atoms with Gasteiger partial charge in [-0.2, -0.15) is 0 Å². The van der Waals surface area contributed by atoms with Crippen LogP contribution in [-0.2, 0) is 9.59 Å². The molecule has 0 aromatic carbocycles. The smallest absolute Gasteiger partial charge is 0.320 e. The summed E-state index contributed by atoms with van der Waals surface area (Å²) in [6, 6.07) is -0.267. The predicted octanol–water partition coefficient (Wildman–Crippen LogP) is -0.0770. The maximum absolute atomic E-state index is 12.2. The number of carbonyl (C=O) groups is 3. The van der Waals surface area contributed by atoms with Crippen molar-refractivity contribution in [2.24, 2.45) is 5.92 Å². The van der Waals surface area contributed by atoms with Crippen molar-refractivity contribution < 1.29 is 19.5 Å². The Bertz CT molecular complexity index is 372. The molecule has 0 saturated carbocycles. The van der Waals surface area contributed by atoms with Crippen LogP contribution < -0.4 is 0 Å². The fraction of sp³-hybridized carbons (Fsp3) is 0.750. The van der Waals surface area contributed by atoms with E-state index in [0.29, 0.717) is 19.6 Å². The van der Waals surface area contributed by atoms with Gasteiger partial charge in [0.2, 0.25) is 5.91 Å². The summed E-state index contributed by atoms with van der Waals surface area (Å²) < 4.78 is 0. The highest BCUT2D eigenvalue weighted by Crippen LogP contribution is 2.08. The Morgan fingerprint density at radius 1 is 1.42 bits per heavy atom. The van der Waals surface area contributed by atoms with Gasteiger partial charge in [0.25, 0.3) is 0 Å². The van der Waals surface area contributed by atoms with Crippen LogP contribution in [0.5, 0.6) is 0 Å². The third-order valence-corrected chi connectivity index (χ3v) is 3.30. The second-order valence-corrected chi connectivity index (χ2v) is 4.80. The van der Waals surface area contributed by atoms with E-state index in [-0.39, 0.29) is 25.0 Å². The first-order chi connectivity index (χ1) is 8.86. The van der Waals surface area contributed by atoms with E-state index in [2.05, 4.69) is 0 Å². The summed E-state index contributed by atoms with van der Waals surface area (Å²) >= 11 is 0. The lowest BCUT2D eigenvalue weighted by atomic mass is 10.2. The van der Waals surface area contributed by atoms with Gasteiger partial charge in [-0.05, 0) is 6.92 Å². The lowest BCUT2D eigenvalue weighted by molar-refractivity contribution is -0.141. The monoisotopic (exact) mass is 271 g/mol. The van der Waals surface area contributed by atoms with Crippen LogP contribution in [0.3, 0.4) is 0 Å². The Kier molecular flexibility index (Phi) is 5.14. The van der Waals surface area contributed by atoms with E-state index in [4.69, 9.17) is 5.11 Å². The van der Waals surface area contributed by atoms with Crippen LogP contribution >= 0.6 is 0 Å². The van der Waals surface area contributed by atoms with Gasteiger partial charge in [-0.3, -0.25) is 9.59 Å². The zero-order valence-corrected chi connectivity index (χ0v) is 11.6. The Balaban J connectivity index is 2.63. The molecule has 0 aliphatic carbocycles. The second kappa shape index (κ2) is 6.40. The molecule has 7 nitrogen and oxygen atoms in total. The number of nitrogens with zero attached hydrogens (tertiary/aromatic N) is 3. The molecule has 108 valence electrons. The van der Waals surface area contributed by atoms with Crippen LogP contribution in [0.1, 0.15) is 13.8 Å². The van der Waals surface area contributed by atoms with Crippen LogP contribution in [0.25, 0.3) is 0 Å². The maximum Gasteiger partial charge on any atom is 0.320 e. The van der Waals surface area contributed by atoms with Crippen molar-refractivity contribution in [3.8, 4) is 0 Å². The third-order valence-electron chi connectivity index (χ3n) is 3.30. The van der Waals surface area contributed by atoms with Crippen molar-refractivity contribution in [3.05, 3.63) is 0 Å². The number of likely N-dealkylation sites (N-methyl/N-ethyl adjacent to an activating group) is 1. The average molecular weight is 271 g/mol. The van der Waals surface area contributed by atoms with Gasteiger partial charge >= 0.3 is 12.0 Å². The minimum atomic E-state index is -0.930. The summed E-state index contributed by atoms with van der Waals surface area (Å²) in [5.74, 6) is -1.64. The molecule has 0 bridgehead atoms. The third kappa shape index (κ3) is 3.84. The topological polar surface area (TPSA) is 81.2 Å². The maximum atomic E-state index is 12.2. The molecule has 0 aromatic rings. The molecule has 0 radical (unpaired) electrons. The Morgan fingerprint density at radius 3 is 2.53 bits per heavy atom. The highest BCUT2D eigenvalue weighted by atomic mass is 16.4. The first-order valence-corrected chi connectivity index (χ1v) is 6.37. The first kappa shape index (κ1) is 15.3. The van der Waals surface area contributed by atoms with E-state index in [9.17, 15) is 14.4 Å². The first-order valence-electron chi connectivity index (χ1n) is 6.37. The quantitative estimate of drug-likeness (QED) is 0.775. The highest BCUT2D eigenvalue weighted by Gasteiger charge is 2.29. The van der Waals surface area contributed by atoms with Gasteiger partial charge < -0.3 is 19.8 Å². The number of carbonyl (C=O) groups excluding carboxylic acids is 2. The number of aliphatic carboxylic acids is 1. The number of carboxylic acid groups (broad SMARTS) is 1. The number of piperazine rings is 1. The van der Waals surface area contributed by atoms with Crippen LogP contribution in [0.4, 0.5) is 4.79 Å². The van der Waals surface area contributed by atoms with E-state index < -0.39 is 11.9 Å². The summed E-state index contributed by atoms with van der Waals surface area (Å²) in [5, 5.41) is 8.88. The van der Waals surface area contributed by atoms with Crippen molar-refractivity contribution >= 4 is 17.9 Å². The van der Waals surface area contributed by atoms with Crippen LogP contribution in [0.15, 0.2) is 0 Å². The Labute approximate surface area is 112 Å². The minimum absolute atomic E-state index is 0.0628. The lowest BCUT2D eigenvalue weighted by Crippen LogP contribution is -2.55. The van der Waals surface area contributed by atoms with E-state index in [1.165, 1.54) is 9.80 Å². The number of amides is 3. The lowest BCUT2D eigenvalue weighted by Gasteiger charge is -2.35. The molecule has 1 fully saturated rings. The van der Waals surface area contributed by atoms with Gasteiger partial charge in [0, 0.05) is 33.2 Å². The van der Waals surface area contributed by atoms with Crippen molar-refractivity contribution in [2.75, 3.05) is 39.8 Å². The van der Waals surface area contributed by atoms with E-state index in [0.717, 1.165) is 0 Å². The molecular formula is C12H21N3O4. The van der Waals surface area contributed by atoms with E-state index in [1.54, 1.807) is 25.8 Å². The molecule has 3 amide bonds. The van der Waals surface area contributed by atoms with Gasteiger partial charge in [-0.1, -0.05) is 6.92 Å². The van der Waals surface area contributed by atoms with Gasteiger partial charge in [0.05, 0.1) is 5.92 Å². The zero-order chi connectivity index (χ0) is 14.6. The molecule has 1 aliphatic rings. The molecule has 19 heavy (non-hydrogen) atoms. The van der Waals surface area contributed by atoms with E-state index in [1.807, 2.05) is 0 Å². The largest absolute Gasteiger partial charge is 0.481 e. The second-order valence-electron chi connectivity index (χ2n) is 4.80. The molecule has 1 unspecified atom stereocenters. The number of rotatable bonds is 4. The summed E-state index contributed by atoms with van der Waals surface area (Å²) in [7, 11) is 1.70. The molecule has 1 saturated heterocycles. The molecule has 1 heterocycles. The number of hydrogen-bond acceptors (Lipinski definition) is 3. The summed E-state index contributed by atoms with van der Waals surface area (Å²) in [6.45, 7) is 5.00. The van der Waals surface area contributed by atoms with Gasteiger partial charge in [0.1, 0.15) is 6.54 Å². The molecule has 7 heteroatoms. The van der Waals surface area contributed by atoms with E-state index >= 15 is 0 Å². The van der Waals surface area contributed by atoms with Gasteiger partial charge in [0.15, 0.2) is 0 Å². The number of carboxylic acids is 1. The molecule has 1 atom stereocenters. The normalized spacial score (nSPS) is 17.3. The van der Waals surface area contributed by atoms with Gasteiger partial charge in [-0.25, -0.2) is 4.79 Å². The minimum Gasteiger partial charge on any atom is -0.481 e. The highest BCUT2D eigenvalue weighted by molar-refractivity contribution is 5.85. The SMILES string of the molecule is CCN(CC(C)C(=O)O)C(=O)N1CCN(C)C(=O)C1. The zero-order valence-electron chi connectivity index (χ0n) is 11.6. The predicted molar refractivity (Wildman–Crippen MR) is 68.7 cm³/mol. The fourth-order valence-electron chi connectivity index (χ4n) is 1.87. The summed E-state index contributed by atoms with van der Waals surface area (Å²) in [6.07, 6.45) is 0. The molecule has 1 aliphatic heterocycles. The van der Waals surface area contributed by atoms with Crippen molar-refractivity contribution in [1.82, 2.24) is 14.7 Å². The molecule has 1 N–H and O–H groups in total.